The van der Waals surface area contributed by atoms with Crippen LogP contribution in [0, 0.1) is 0 Å². The molecule has 33 heavy (non-hydrogen) atoms. The minimum absolute atomic E-state index is 0.0578. The highest BCUT2D eigenvalue weighted by Gasteiger charge is 2.42. The lowest BCUT2D eigenvalue weighted by Gasteiger charge is -2.31. The Morgan fingerprint density at radius 1 is 0.636 bits per heavy atom. The van der Waals surface area contributed by atoms with E-state index in [-0.39, 0.29) is 6.61 Å². The Bertz CT molecular complexity index is 1110. The second kappa shape index (κ2) is 10.7. The van der Waals surface area contributed by atoms with E-state index in [1.165, 1.54) is 0 Å². The summed E-state index contributed by atoms with van der Waals surface area (Å²) in [6, 6.07) is 26.9. The smallest absolute Gasteiger partial charge is 0.379 e. The third-order valence-electron chi connectivity index (χ3n) is 5.03. The second-order valence-electron chi connectivity index (χ2n) is 6.90. The van der Waals surface area contributed by atoms with Crippen LogP contribution in [0.3, 0.4) is 0 Å². The molecular formula is C26H23O6P. The van der Waals surface area contributed by atoms with Gasteiger partial charge in [-0.05, 0) is 29.7 Å². The first-order valence-corrected chi connectivity index (χ1v) is 12.0. The number of Topliss-reactive ketones (excluding diaryl/α,β-unsaturated/α-hetero) is 2. The molecule has 6 nitrogen and oxygen atoms in total. The fourth-order valence-electron chi connectivity index (χ4n) is 3.68. The molecule has 0 unspecified atom stereocenters. The van der Waals surface area contributed by atoms with Gasteiger partial charge in [0, 0.05) is 0 Å². The molecule has 0 spiro atoms. The monoisotopic (exact) mass is 462 g/mol. The highest BCUT2D eigenvalue weighted by atomic mass is 31.2. The Morgan fingerprint density at radius 2 is 1.00 bits per heavy atom. The molecule has 0 heterocycles. The predicted octanol–water partition coefficient (Wildman–Crippen LogP) is 2.03. The summed E-state index contributed by atoms with van der Waals surface area (Å²) >= 11 is 0. The third-order valence-corrected chi connectivity index (χ3v) is 9.32. The Labute approximate surface area is 192 Å². The first kappa shape index (κ1) is 23.9. The van der Waals surface area contributed by atoms with Crippen LogP contribution in [0.5, 0.6) is 0 Å². The van der Waals surface area contributed by atoms with Crippen molar-refractivity contribution < 1.29 is 28.7 Å². The molecule has 0 radical (unpaired) electrons. The standard InChI is InChI=1S/C26H23O6P/c1-3-32-26(30)23(28)24(22(27)25(29)31-2)33(19-13-7-4-8-14-19,20-15-9-5-10-16-20)21-17-11-6-12-18-21/h4-18H,3H2,1-2H3. The summed E-state index contributed by atoms with van der Waals surface area (Å²) in [5.41, 5.74) is 0. The quantitative estimate of drug-likeness (QED) is 0.220. The van der Waals surface area contributed by atoms with Crippen molar-refractivity contribution in [1.29, 1.82) is 0 Å². The third kappa shape index (κ3) is 4.57. The van der Waals surface area contributed by atoms with E-state index in [0.29, 0.717) is 15.9 Å². The van der Waals surface area contributed by atoms with Crippen LogP contribution >= 0.6 is 6.89 Å². The van der Waals surface area contributed by atoms with Crippen molar-refractivity contribution in [3.63, 3.8) is 0 Å². The van der Waals surface area contributed by atoms with E-state index in [2.05, 4.69) is 4.74 Å². The molecule has 0 bridgehead atoms. The summed E-state index contributed by atoms with van der Waals surface area (Å²) in [7, 11) is 1.06. The molecule has 0 aromatic heterocycles. The average molecular weight is 462 g/mol. The number of methoxy groups -OCH3 is 1. The zero-order chi connectivity index (χ0) is 23.8. The van der Waals surface area contributed by atoms with Gasteiger partial charge in [0.1, 0.15) is 0 Å². The van der Waals surface area contributed by atoms with Crippen molar-refractivity contribution in [2.45, 2.75) is 6.92 Å². The van der Waals surface area contributed by atoms with E-state index in [0.717, 1.165) is 7.11 Å². The maximum absolute atomic E-state index is 13.5. The van der Waals surface area contributed by atoms with Crippen LogP contribution in [0.2, 0.25) is 0 Å². The fraction of sp³-hybridized carbons (Fsp3) is 0.115. The van der Waals surface area contributed by atoms with E-state index in [1.54, 1.807) is 79.7 Å². The van der Waals surface area contributed by atoms with E-state index < -0.39 is 35.7 Å². The van der Waals surface area contributed by atoms with Crippen LogP contribution in [0.25, 0.3) is 0 Å². The number of benzene rings is 3. The van der Waals surface area contributed by atoms with Gasteiger partial charge in [0.25, 0.3) is 11.6 Å². The highest BCUT2D eigenvalue weighted by molar-refractivity contribution is 7.98. The molecule has 168 valence electrons. The normalized spacial score (nSPS) is 10.7. The zero-order valence-electron chi connectivity index (χ0n) is 18.3. The summed E-state index contributed by atoms with van der Waals surface area (Å²) in [4.78, 5) is 52.2. The fourth-order valence-corrected chi connectivity index (χ4v) is 8.00. The maximum atomic E-state index is 13.5. The molecule has 0 saturated heterocycles. The van der Waals surface area contributed by atoms with E-state index >= 15 is 0 Å². The number of rotatable bonds is 8. The predicted molar refractivity (Wildman–Crippen MR) is 129 cm³/mol. The molecule has 3 aromatic rings. The van der Waals surface area contributed by atoms with Crippen LogP contribution < -0.4 is 15.9 Å². The molecule has 0 atom stereocenters. The van der Waals surface area contributed by atoms with E-state index in [9.17, 15) is 19.2 Å². The molecular weight excluding hydrogens is 439 g/mol. The van der Waals surface area contributed by atoms with Gasteiger partial charge in [0.15, 0.2) is 0 Å². The Morgan fingerprint density at radius 3 is 1.33 bits per heavy atom. The van der Waals surface area contributed by atoms with Crippen LogP contribution in [0.4, 0.5) is 0 Å². The number of hydrogen-bond donors (Lipinski definition) is 0. The van der Waals surface area contributed by atoms with Gasteiger partial charge < -0.3 is 9.47 Å². The summed E-state index contributed by atoms with van der Waals surface area (Å²) < 4.78 is 9.64. The van der Waals surface area contributed by atoms with Gasteiger partial charge in [-0.3, -0.25) is 9.59 Å². The molecule has 0 aliphatic carbocycles. The first-order chi connectivity index (χ1) is 16.0. The summed E-state index contributed by atoms with van der Waals surface area (Å²) in [6.07, 6.45) is 0. The lowest BCUT2D eigenvalue weighted by atomic mass is 10.2. The molecule has 0 N–H and O–H groups in total. The molecule has 0 saturated carbocycles. The topological polar surface area (TPSA) is 86.7 Å². The van der Waals surface area contributed by atoms with Gasteiger partial charge in [-0.15, -0.1) is 0 Å². The number of esters is 2. The number of carbonyl (C=O) groups is 4. The van der Waals surface area contributed by atoms with Crippen molar-refractivity contribution >= 4 is 51.6 Å². The maximum Gasteiger partial charge on any atom is 0.379 e. The van der Waals surface area contributed by atoms with Crippen LogP contribution in [-0.4, -0.2) is 42.5 Å². The summed E-state index contributed by atoms with van der Waals surface area (Å²) in [5, 5.41) is 1.45. The SMILES string of the molecule is CCOC(=O)C(=O)C(C(=O)C(=O)OC)=P(c1ccccc1)(c1ccccc1)c1ccccc1. The van der Waals surface area contributed by atoms with Crippen molar-refractivity contribution in [3.8, 4) is 0 Å². The first-order valence-electron chi connectivity index (χ1n) is 10.3. The van der Waals surface area contributed by atoms with E-state index in [1.807, 2.05) is 18.2 Å². The summed E-state index contributed by atoms with van der Waals surface area (Å²) in [6.45, 7) is -1.81. The van der Waals surface area contributed by atoms with Gasteiger partial charge >= 0.3 is 11.9 Å². The van der Waals surface area contributed by atoms with Gasteiger partial charge in [0.05, 0.1) is 19.0 Å². The molecule has 3 aromatic carbocycles. The molecule has 0 aliphatic rings. The van der Waals surface area contributed by atoms with Gasteiger partial charge in [-0.25, -0.2) is 9.59 Å². The van der Waals surface area contributed by atoms with Crippen molar-refractivity contribution in [2.24, 2.45) is 0 Å². The van der Waals surface area contributed by atoms with Crippen LogP contribution in [-0.2, 0) is 28.7 Å². The summed E-state index contributed by atoms with van der Waals surface area (Å²) in [5.74, 6) is -4.75. The Kier molecular flexibility index (Phi) is 7.75. The molecule has 3 rings (SSSR count). The van der Waals surface area contributed by atoms with Gasteiger partial charge in [0.2, 0.25) is 0 Å². The number of hydrogen-bond acceptors (Lipinski definition) is 6. The lowest BCUT2D eigenvalue weighted by molar-refractivity contribution is -0.151. The van der Waals surface area contributed by atoms with E-state index in [4.69, 9.17) is 4.74 Å². The lowest BCUT2D eigenvalue weighted by Crippen LogP contribution is -2.43. The minimum atomic E-state index is -3.30. The number of carbonyl (C=O) groups excluding carboxylic acids is 4. The van der Waals surface area contributed by atoms with Crippen molar-refractivity contribution in [1.82, 2.24) is 0 Å². The van der Waals surface area contributed by atoms with Crippen molar-refractivity contribution in [2.75, 3.05) is 13.7 Å². The van der Waals surface area contributed by atoms with Gasteiger partial charge in [-0.1, -0.05) is 91.0 Å². The molecule has 0 aliphatic heterocycles. The average Bonchev–Trinajstić information content (AvgIpc) is 2.87. The number of ketones is 2. The molecule has 7 heteroatoms. The van der Waals surface area contributed by atoms with Crippen LogP contribution in [0.15, 0.2) is 91.0 Å². The Hall–Kier alpha value is -3.76. The highest BCUT2D eigenvalue weighted by Crippen LogP contribution is 2.46. The number of ether oxygens (including phenoxy) is 2. The Balaban J connectivity index is 2.65. The van der Waals surface area contributed by atoms with Gasteiger partial charge in [-0.2, -0.15) is 0 Å². The molecule has 0 fully saturated rings. The second-order valence-corrected chi connectivity index (χ2v) is 10.2. The largest absolute Gasteiger partial charge is 0.463 e. The minimum Gasteiger partial charge on any atom is -0.463 e. The van der Waals surface area contributed by atoms with Crippen molar-refractivity contribution in [3.05, 3.63) is 91.0 Å². The molecule has 0 amide bonds. The van der Waals surface area contributed by atoms with Crippen LogP contribution in [0.1, 0.15) is 6.92 Å². The zero-order valence-corrected chi connectivity index (χ0v) is 19.2.